The second-order valence-electron chi connectivity index (χ2n) is 3.43. The Morgan fingerprint density at radius 2 is 2.19 bits per heavy atom. The molecule has 2 aromatic rings. The highest BCUT2D eigenvalue weighted by Gasteiger charge is 2.25. The number of benzene rings is 1. The van der Waals surface area contributed by atoms with Crippen molar-refractivity contribution in [3.05, 3.63) is 35.3 Å². The summed E-state index contributed by atoms with van der Waals surface area (Å²) in [6.45, 7) is 1.49. The molecule has 1 aromatic carbocycles. The third kappa shape index (κ3) is 1.45. The van der Waals surface area contributed by atoms with Gasteiger partial charge in [-0.05, 0) is 13.0 Å². The molecule has 0 aliphatic rings. The second-order valence-corrected chi connectivity index (χ2v) is 3.43. The van der Waals surface area contributed by atoms with Crippen LogP contribution in [0.2, 0.25) is 0 Å². The molecule has 0 saturated heterocycles. The topological polar surface area (TPSA) is 70.7 Å². The Labute approximate surface area is 89.9 Å². The van der Waals surface area contributed by atoms with Gasteiger partial charge >= 0.3 is 5.97 Å². The predicted molar refractivity (Wildman–Crippen MR) is 53.5 cm³/mol. The number of carboxylic acids is 1. The van der Waals surface area contributed by atoms with Crippen LogP contribution in [0.4, 0.5) is 4.39 Å². The Morgan fingerprint density at radius 1 is 1.50 bits per heavy atom. The third-order valence-electron chi connectivity index (χ3n) is 2.40. The van der Waals surface area contributed by atoms with Gasteiger partial charge in [-0.2, -0.15) is 0 Å². The maximum absolute atomic E-state index is 13.3. The molecule has 1 atom stereocenters. The molecule has 0 radical (unpaired) electrons. The molecule has 2 rings (SSSR count). The first kappa shape index (κ1) is 10.6. The Bertz CT molecular complexity index is 558. The number of furan rings is 1. The van der Waals surface area contributed by atoms with Gasteiger partial charge in [-0.1, -0.05) is 12.1 Å². The molecule has 0 aliphatic carbocycles. The summed E-state index contributed by atoms with van der Waals surface area (Å²) < 4.78 is 18.4. The maximum atomic E-state index is 13.3. The number of carbonyl (C=O) groups is 1. The van der Waals surface area contributed by atoms with Crippen molar-refractivity contribution in [1.29, 1.82) is 0 Å². The lowest BCUT2D eigenvalue weighted by Crippen LogP contribution is -2.10. The average Bonchev–Trinajstić information content (AvgIpc) is 2.55. The molecule has 84 valence electrons. The first-order valence-corrected chi connectivity index (χ1v) is 4.60. The van der Waals surface area contributed by atoms with Crippen LogP contribution >= 0.6 is 0 Å². The lowest BCUT2D eigenvalue weighted by atomic mass is 10.1. The van der Waals surface area contributed by atoms with E-state index in [1.54, 1.807) is 0 Å². The quantitative estimate of drug-likeness (QED) is 0.818. The lowest BCUT2D eigenvalue weighted by Gasteiger charge is -2.03. The highest BCUT2D eigenvalue weighted by Crippen LogP contribution is 2.31. The van der Waals surface area contributed by atoms with Gasteiger partial charge in [0.05, 0.1) is 0 Å². The number of para-hydroxylation sites is 1. The van der Waals surface area contributed by atoms with Crippen LogP contribution in [-0.2, 0) is 4.79 Å². The summed E-state index contributed by atoms with van der Waals surface area (Å²) in [6, 6.07) is 4.16. The van der Waals surface area contributed by atoms with E-state index in [1.807, 2.05) is 0 Å². The van der Waals surface area contributed by atoms with Crippen molar-refractivity contribution in [3.8, 4) is 0 Å². The van der Waals surface area contributed by atoms with Crippen molar-refractivity contribution in [2.75, 3.05) is 0 Å². The van der Waals surface area contributed by atoms with Gasteiger partial charge in [0.2, 0.25) is 0 Å². The molecule has 1 unspecified atom stereocenters. The summed E-state index contributed by atoms with van der Waals surface area (Å²) in [5, 5.41) is 18.5. The monoisotopic (exact) mass is 224 g/mol. The number of aryl methyl sites for hydroxylation is 1. The van der Waals surface area contributed by atoms with E-state index in [4.69, 9.17) is 9.52 Å². The van der Waals surface area contributed by atoms with E-state index in [1.165, 1.54) is 25.1 Å². The second kappa shape index (κ2) is 3.61. The van der Waals surface area contributed by atoms with Gasteiger partial charge in [0.25, 0.3) is 0 Å². The van der Waals surface area contributed by atoms with Crippen LogP contribution in [-0.4, -0.2) is 16.2 Å². The van der Waals surface area contributed by atoms with Crippen molar-refractivity contribution in [2.24, 2.45) is 0 Å². The summed E-state index contributed by atoms with van der Waals surface area (Å²) in [5.41, 5.74) is 0.0669. The molecule has 16 heavy (non-hydrogen) atoms. The number of rotatable bonds is 2. The molecule has 1 aromatic heterocycles. The van der Waals surface area contributed by atoms with Crippen molar-refractivity contribution < 1.29 is 23.8 Å². The molecule has 0 saturated carbocycles. The van der Waals surface area contributed by atoms with Crippen molar-refractivity contribution in [2.45, 2.75) is 13.0 Å². The fraction of sp³-hybridized carbons (Fsp3) is 0.182. The van der Waals surface area contributed by atoms with E-state index in [2.05, 4.69) is 0 Å². The molecular formula is C11H9FO4. The molecule has 2 N–H and O–H groups in total. The van der Waals surface area contributed by atoms with Crippen molar-refractivity contribution in [3.63, 3.8) is 0 Å². The number of aliphatic hydroxyl groups is 1. The SMILES string of the molecule is Cc1oc2c(F)cccc2c1C(O)C(=O)O. The van der Waals surface area contributed by atoms with Crippen molar-refractivity contribution in [1.82, 2.24) is 0 Å². The highest BCUT2D eigenvalue weighted by molar-refractivity contribution is 5.88. The molecule has 0 bridgehead atoms. The van der Waals surface area contributed by atoms with Crippen LogP contribution in [0.25, 0.3) is 11.0 Å². The van der Waals surface area contributed by atoms with Crippen LogP contribution in [0.3, 0.4) is 0 Å². The van der Waals surface area contributed by atoms with Gasteiger partial charge in [0, 0.05) is 10.9 Å². The summed E-state index contributed by atoms with van der Waals surface area (Å²) in [5.74, 6) is -1.77. The fourth-order valence-corrected chi connectivity index (χ4v) is 1.69. The molecular weight excluding hydrogens is 215 g/mol. The summed E-state index contributed by atoms with van der Waals surface area (Å²) >= 11 is 0. The molecule has 4 nitrogen and oxygen atoms in total. The Hall–Kier alpha value is -1.88. The minimum absolute atomic E-state index is 0.0321. The molecule has 0 aliphatic heterocycles. The van der Waals surface area contributed by atoms with Crippen LogP contribution in [0.15, 0.2) is 22.6 Å². The number of hydrogen-bond donors (Lipinski definition) is 2. The molecule has 0 fully saturated rings. The van der Waals surface area contributed by atoms with Gasteiger partial charge < -0.3 is 14.6 Å². The largest absolute Gasteiger partial charge is 0.479 e. The zero-order valence-electron chi connectivity index (χ0n) is 8.40. The Kier molecular flexibility index (Phi) is 2.40. The van der Waals surface area contributed by atoms with Gasteiger partial charge in [-0.3, -0.25) is 0 Å². The zero-order valence-corrected chi connectivity index (χ0v) is 8.40. The maximum Gasteiger partial charge on any atom is 0.337 e. The molecule has 1 heterocycles. The predicted octanol–water partition coefficient (Wildman–Crippen LogP) is 2.00. The first-order chi connectivity index (χ1) is 7.52. The molecule has 5 heteroatoms. The van der Waals surface area contributed by atoms with E-state index in [-0.39, 0.29) is 22.3 Å². The minimum Gasteiger partial charge on any atom is -0.479 e. The van der Waals surface area contributed by atoms with Gasteiger partial charge in [-0.15, -0.1) is 0 Å². The number of aliphatic carboxylic acids is 1. The fourth-order valence-electron chi connectivity index (χ4n) is 1.69. The highest BCUT2D eigenvalue weighted by atomic mass is 19.1. The summed E-state index contributed by atoms with van der Waals surface area (Å²) in [4.78, 5) is 10.7. The number of fused-ring (bicyclic) bond motifs is 1. The number of carboxylic acid groups (broad SMARTS) is 1. The van der Waals surface area contributed by atoms with E-state index >= 15 is 0 Å². The lowest BCUT2D eigenvalue weighted by molar-refractivity contribution is -0.146. The first-order valence-electron chi connectivity index (χ1n) is 4.60. The average molecular weight is 224 g/mol. The number of hydrogen-bond acceptors (Lipinski definition) is 3. The van der Waals surface area contributed by atoms with Crippen molar-refractivity contribution >= 4 is 16.9 Å². The van der Waals surface area contributed by atoms with E-state index < -0.39 is 17.9 Å². The minimum atomic E-state index is -1.71. The van der Waals surface area contributed by atoms with Gasteiger partial charge in [-0.25, -0.2) is 9.18 Å². The molecule has 0 amide bonds. The standard InChI is InChI=1S/C11H9FO4/c1-5-8(9(13)11(14)15)6-3-2-4-7(12)10(6)16-5/h2-4,9,13H,1H3,(H,14,15). The van der Waals surface area contributed by atoms with Gasteiger partial charge in [0.1, 0.15) is 5.76 Å². The van der Waals surface area contributed by atoms with Crippen LogP contribution in [0.5, 0.6) is 0 Å². The zero-order chi connectivity index (χ0) is 11.9. The number of aliphatic hydroxyl groups excluding tert-OH is 1. The van der Waals surface area contributed by atoms with E-state index in [0.29, 0.717) is 0 Å². The Morgan fingerprint density at radius 3 is 2.81 bits per heavy atom. The summed E-state index contributed by atoms with van der Waals surface area (Å²) in [6.07, 6.45) is -1.71. The van der Waals surface area contributed by atoms with Crippen LogP contribution < -0.4 is 0 Å². The van der Waals surface area contributed by atoms with Crippen LogP contribution in [0.1, 0.15) is 17.4 Å². The van der Waals surface area contributed by atoms with E-state index in [9.17, 15) is 14.3 Å². The third-order valence-corrected chi connectivity index (χ3v) is 2.40. The molecule has 0 spiro atoms. The summed E-state index contributed by atoms with van der Waals surface area (Å²) in [7, 11) is 0. The van der Waals surface area contributed by atoms with Crippen LogP contribution in [0, 0.1) is 12.7 Å². The normalized spacial score (nSPS) is 12.9. The number of halogens is 1. The van der Waals surface area contributed by atoms with Gasteiger partial charge in [0.15, 0.2) is 17.5 Å². The van der Waals surface area contributed by atoms with E-state index in [0.717, 1.165) is 0 Å². The smallest absolute Gasteiger partial charge is 0.337 e. The Balaban J connectivity index is 2.74.